The molecule has 0 unspecified atom stereocenters. The summed E-state index contributed by atoms with van der Waals surface area (Å²) in [5.74, 6) is 0. The van der Waals surface area contributed by atoms with Gasteiger partial charge in [0.25, 0.3) is 0 Å². The molecule has 0 bridgehead atoms. The van der Waals surface area contributed by atoms with Gasteiger partial charge in [-0.3, -0.25) is 0 Å². The topological polar surface area (TPSA) is 51.8 Å². The van der Waals surface area contributed by atoms with Gasteiger partial charge < -0.3 is 19.4 Å². The number of aromatic nitrogens is 3. The molecule has 0 saturated heterocycles. The van der Waals surface area contributed by atoms with Gasteiger partial charge in [-0.1, -0.05) is 89.1 Å². The third-order valence-electron chi connectivity index (χ3n) is 14.0. The van der Waals surface area contributed by atoms with E-state index in [4.69, 9.17) is 27.6 Å². The fraction of sp³-hybridized carbons (Fsp3) is 0.227. The second kappa shape index (κ2) is 20.1. The van der Waals surface area contributed by atoms with E-state index in [9.17, 15) is 5.48 Å². The zero-order valence-corrected chi connectivity index (χ0v) is 43.3. The van der Waals surface area contributed by atoms with Crippen molar-refractivity contribution in [3.63, 3.8) is 0 Å². The van der Waals surface area contributed by atoms with E-state index in [1.165, 1.54) is 18.3 Å². The van der Waals surface area contributed by atoms with E-state index >= 15 is 0 Å². The SMILES string of the molecule is [2H]C([2H])([2H])c1c[c-]c(-c2cc(-c3ccc4c(oc5ccccc54)c3C([2H])([2H])[2H])c(C([2H])([2H])C([2H])([2H])c3c(C)c(CC(C)(C)c4ccc(-c5[c-]cccc5)nc4)c(C)c(CC(C)(C)c4ccc(-c5[c-]cccc5)nc4)c3C)cn2)cc1.[Ir+3]. The Morgan fingerprint density at radius 2 is 1.13 bits per heavy atom. The molecule has 71 heavy (non-hydrogen) atoms. The summed E-state index contributed by atoms with van der Waals surface area (Å²) in [6.07, 6.45) is 0.221. The van der Waals surface area contributed by atoms with Gasteiger partial charge in [0.05, 0.1) is 0 Å². The van der Waals surface area contributed by atoms with E-state index in [2.05, 4.69) is 65.0 Å². The first-order valence-electron chi connectivity index (χ1n) is 28.7. The quantitative estimate of drug-likeness (QED) is 0.108. The normalized spacial score (nSPS) is 14.7. The van der Waals surface area contributed by atoms with Crippen molar-refractivity contribution in [1.82, 2.24) is 15.0 Å². The molecule has 0 fully saturated rings. The number of hydrogen-bond acceptors (Lipinski definition) is 4. The van der Waals surface area contributed by atoms with Gasteiger partial charge in [-0.25, -0.2) is 0 Å². The van der Waals surface area contributed by atoms with Gasteiger partial charge in [-0.15, -0.1) is 107 Å². The van der Waals surface area contributed by atoms with Crippen molar-refractivity contribution in [2.45, 2.75) is 98.6 Å². The van der Waals surface area contributed by atoms with E-state index in [1.54, 1.807) is 36.4 Å². The summed E-state index contributed by atoms with van der Waals surface area (Å²) in [5, 5.41) is 1.25. The second-order valence-corrected chi connectivity index (χ2v) is 19.6. The van der Waals surface area contributed by atoms with Crippen LogP contribution in [0.3, 0.4) is 0 Å². The molecule has 0 radical (unpaired) electrons. The van der Waals surface area contributed by atoms with Crippen molar-refractivity contribution < 1.29 is 38.2 Å². The summed E-state index contributed by atoms with van der Waals surface area (Å²) in [7, 11) is 0. The summed E-state index contributed by atoms with van der Waals surface area (Å²) in [5.41, 5.74) is 9.29. The van der Waals surface area contributed by atoms with Crippen LogP contribution in [0.5, 0.6) is 0 Å². The maximum atomic E-state index is 10.4. The molecular formula is C66H60IrN3O. The van der Waals surface area contributed by atoms with Crippen molar-refractivity contribution in [3.05, 3.63) is 231 Å². The van der Waals surface area contributed by atoms with Gasteiger partial charge >= 0.3 is 20.1 Å². The third kappa shape index (κ3) is 9.83. The first kappa shape index (κ1) is 38.0. The Labute approximate surface area is 448 Å². The number of pyridine rings is 3. The largest absolute Gasteiger partial charge is 3.00 e. The van der Waals surface area contributed by atoms with Gasteiger partial charge in [0, 0.05) is 48.6 Å². The Bertz CT molecular complexity index is 3800. The molecule has 4 heterocycles. The van der Waals surface area contributed by atoms with Crippen LogP contribution in [0.4, 0.5) is 0 Å². The molecule has 0 atom stereocenters. The van der Waals surface area contributed by atoms with Gasteiger partial charge in [-0.2, -0.15) is 0 Å². The van der Waals surface area contributed by atoms with Crippen LogP contribution in [-0.2, 0) is 56.5 Å². The maximum absolute atomic E-state index is 10.4. The first-order valence-corrected chi connectivity index (χ1v) is 23.7. The van der Waals surface area contributed by atoms with Crippen molar-refractivity contribution in [2.24, 2.45) is 0 Å². The summed E-state index contributed by atoms with van der Waals surface area (Å²) in [6.45, 7) is 9.19. The molecule has 10 rings (SSSR count). The fourth-order valence-corrected chi connectivity index (χ4v) is 9.80. The predicted molar refractivity (Wildman–Crippen MR) is 289 cm³/mol. The number of nitrogens with zero attached hydrogens (tertiary/aromatic N) is 3. The summed E-state index contributed by atoms with van der Waals surface area (Å²) in [4.78, 5) is 14.5. The average Bonchev–Trinajstić information content (AvgIpc) is 3.84. The zero-order chi connectivity index (χ0) is 57.3. The molecule has 4 nitrogen and oxygen atoms in total. The van der Waals surface area contributed by atoms with E-state index in [1.807, 2.05) is 99.0 Å². The number of benzene rings is 6. The molecule has 0 spiro atoms. The Morgan fingerprint density at radius 3 is 1.68 bits per heavy atom. The number of hydrogen-bond donors (Lipinski definition) is 0. The number of para-hydroxylation sites is 1. The molecule has 354 valence electrons. The van der Waals surface area contributed by atoms with Crippen molar-refractivity contribution in [1.29, 1.82) is 0 Å². The van der Waals surface area contributed by atoms with Crippen molar-refractivity contribution in [2.75, 3.05) is 0 Å². The minimum atomic E-state index is -2.91. The molecule has 0 aliphatic rings. The van der Waals surface area contributed by atoms with Gasteiger partial charge in [-0.05, 0) is 154 Å². The van der Waals surface area contributed by atoms with Crippen LogP contribution >= 0.6 is 0 Å². The predicted octanol–water partition coefficient (Wildman–Crippen LogP) is 16.2. The summed E-state index contributed by atoms with van der Waals surface area (Å²) < 4.78 is 98.8. The van der Waals surface area contributed by atoms with E-state index in [0.29, 0.717) is 45.9 Å². The molecule has 0 N–H and O–H groups in total. The number of aryl methyl sites for hydroxylation is 3. The Kier molecular flexibility index (Phi) is 10.8. The minimum Gasteiger partial charge on any atom is -0.456 e. The van der Waals surface area contributed by atoms with Crippen LogP contribution < -0.4 is 0 Å². The van der Waals surface area contributed by atoms with Gasteiger partial charge in [0.1, 0.15) is 11.2 Å². The van der Waals surface area contributed by atoms with Crippen LogP contribution in [-0.4, -0.2) is 15.0 Å². The standard InChI is InChI=1S/C66H60N3O.Ir/c1-42-24-26-49(27-25-42)62-36-57(54-32-33-56-55-22-16-17-23-63(55)70-64(56)46(54)5)50(39-67-62)28-31-53-43(2)58(37-65(6,7)51-29-34-60(68-40-51)47-18-12-10-13-19-47)45(4)59(44(53)3)38-66(8,9)52-30-35-61(69-41-52)48-20-14-11-15-21-48;/h10-18,20,22-26,29-30,32-36,39-41H,28,31,37-38H2,1-9H3;/q-3;+3/i1D3,5D3,28D2,31D2;. The van der Waals surface area contributed by atoms with Crippen LogP contribution in [0, 0.1) is 52.7 Å². The Morgan fingerprint density at radius 1 is 0.535 bits per heavy atom. The smallest absolute Gasteiger partial charge is 0.456 e. The first-order chi connectivity index (χ1) is 37.7. The molecule has 0 saturated carbocycles. The van der Waals surface area contributed by atoms with Crippen molar-refractivity contribution in [3.8, 4) is 44.9 Å². The monoisotopic (exact) mass is 1110 g/mol. The van der Waals surface area contributed by atoms with Crippen LogP contribution in [0.1, 0.15) is 103 Å². The number of fused-ring (bicyclic) bond motifs is 3. The van der Waals surface area contributed by atoms with Crippen LogP contribution in [0.25, 0.3) is 66.8 Å². The number of furan rings is 1. The van der Waals surface area contributed by atoms with Crippen LogP contribution in [0.15, 0.2) is 156 Å². The summed E-state index contributed by atoms with van der Waals surface area (Å²) >= 11 is 0. The average molecular weight is 1110 g/mol. The Balaban J connectivity index is 0.00000792. The van der Waals surface area contributed by atoms with E-state index in [0.717, 1.165) is 50.3 Å². The molecule has 6 aromatic carbocycles. The molecular weight excluding hydrogens is 1040 g/mol. The molecule has 4 aromatic heterocycles. The molecule has 5 heteroatoms. The van der Waals surface area contributed by atoms with Gasteiger partial charge in [0.2, 0.25) is 0 Å². The second-order valence-electron chi connectivity index (χ2n) is 19.6. The van der Waals surface area contributed by atoms with E-state index < -0.39 is 37.3 Å². The van der Waals surface area contributed by atoms with Crippen LogP contribution in [0.2, 0.25) is 0 Å². The minimum absolute atomic E-state index is 0. The summed E-state index contributed by atoms with van der Waals surface area (Å²) in [6, 6.07) is 49.6. The zero-order valence-electron chi connectivity index (χ0n) is 50.9. The Hall–Kier alpha value is -6.78. The third-order valence-corrected chi connectivity index (χ3v) is 14.0. The molecule has 0 amide bonds. The maximum Gasteiger partial charge on any atom is 3.00 e. The van der Waals surface area contributed by atoms with Crippen molar-refractivity contribution >= 4 is 21.9 Å². The molecule has 0 aliphatic carbocycles. The number of rotatable bonds is 13. The van der Waals surface area contributed by atoms with E-state index in [-0.39, 0.29) is 64.8 Å². The van der Waals surface area contributed by atoms with Gasteiger partial charge in [0.15, 0.2) is 0 Å². The fourth-order valence-electron chi connectivity index (χ4n) is 9.80. The molecule has 0 aliphatic heterocycles. The molecule has 10 aromatic rings.